The summed E-state index contributed by atoms with van der Waals surface area (Å²) in [6, 6.07) is 8.48. The van der Waals surface area contributed by atoms with Gasteiger partial charge in [-0.15, -0.1) is 0 Å². The standard InChI is InChI=1S/C14H21BrN2O/c1-12(17-9-7-16(2)8-10-17)11-18-14-6-4-3-5-13(14)15/h3-6,12H,7-11H2,1-2H3. The largest absolute Gasteiger partial charge is 0.491 e. The second-order valence-electron chi connectivity index (χ2n) is 4.93. The molecule has 3 nitrogen and oxygen atoms in total. The van der Waals surface area contributed by atoms with E-state index in [1.165, 1.54) is 0 Å². The number of benzene rings is 1. The number of likely N-dealkylation sites (N-methyl/N-ethyl adjacent to an activating group) is 1. The van der Waals surface area contributed by atoms with Gasteiger partial charge in [0.05, 0.1) is 4.47 Å². The van der Waals surface area contributed by atoms with Crippen LogP contribution in [0.5, 0.6) is 5.75 Å². The van der Waals surface area contributed by atoms with Crippen LogP contribution in [0.3, 0.4) is 0 Å². The molecule has 18 heavy (non-hydrogen) atoms. The monoisotopic (exact) mass is 312 g/mol. The first kappa shape index (κ1) is 13.8. The van der Waals surface area contributed by atoms with Crippen molar-refractivity contribution in [1.29, 1.82) is 0 Å². The Labute approximate surface area is 118 Å². The second kappa shape index (κ2) is 6.55. The van der Waals surface area contributed by atoms with Gasteiger partial charge >= 0.3 is 0 Å². The molecular formula is C14H21BrN2O. The summed E-state index contributed by atoms with van der Waals surface area (Å²) in [5.41, 5.74) is 0. The molecule has 0 bridgehead atoms. The van der Waals surface area contributed by atoms with Gasteiger partial charge in [0.15, 0.2) is 0 Å². The number of nitrogens with zero attached hydrogens (tertiary/aromatic N) is 2. The van der Waals surface area contributed by atoms with Crippen molar-refractivity contribution in [3.8, 4) is 5.75 Å². The van der Waals surface area contributed by atoms with Crippen molar-refractivity contribution in [2.24, 2.45) is 0 Å². The molecule has 0 radical (unpaired) electrons. The van der Waals surface area contributed by atoms with E-state index in [0.29, 0.717) is 6.04 Å². The Morgan fingerprint density at radius 2 is 1.89 bits per heavy atom. The van der Waals surface area contributed by atoms with Crippen LogP contribution in [0.25, 0.3) is 0 Å². The van der Waals surface area contributed by atoms with Crippen LogP contribution in [0.1, 0.15) is 6.92 Å². The minimum atomic E-state index is 0.464. The molecule has 1 unspecified atom stereocenters. The van der Waals surface area contributed by atoms with Crippen LogP contribution < -0.4 is 4.74 Å². The Hall–Kier alpha value is -0.580. The van der Waals surface area contributed by atoms with E-state index in [-0.39, 0.29) is 0 Å². The van der Waals surface area contributed by atoms with Crippen LogP contribution in [0.15, 0.2) is 28.7 Å². The van der Waals surface area contributed by atoms with E-state index in [9.17, 15) is 0 Å². The van der Waals surface area contributed by atoms with Gasteiger partial charge in [0.2, 0.25) is 0 Å². The van der Waals surface area contributed by atoms with Crippen LogP contribution in [0.4, 0.5) is 0 Å². The first-order valence-corrected chi connectivity index (χ1v) is 7.26. The van der Waals surface area contributed by atoms with Crippen LogP contribution in [0, 0.1) is 0 Å². The fourth-order valence-corrected chi connectivity index (χ4v) is 2.54. The van der Waals surface area contributed by atoms with Crippen LogP contribution >= 0.6 is 15.9 Å². The number of piperazine rings is 1. The molecule has 2 rings (SSSR count). The molecule has 100 valence electrons. The Bertz CT molecular complexity index is 378. The minimum Gasteiger partial charge on any atom is -0.491 e. The van der Waals surface area contributed by atoms with Crippen molar-refractivity contribution in [3.63, 3.8) is 0 Å². The summed E-state index contributed by atoms with van der Waals surface area (Å²) in [5, 5.41) is 0. The van der Waals surface area contributed by atoms with Gasteiger partial charge in [0.1, 0.15) is 12.4 Å². The van der Waals surface area contributed by atoms with Gasteiger partial charge in [-0.25, -0.2) is 0 Å². The van der Waals surface area contributed by atoms with E-state index in [1.54, 1.807) is 0 Å². The lowest BCUT2D eigenvalue weighted by Gasteiger charge is -2.36. The highest BCUT2D eigenvalue weighted by molar-refractivity contribution is 9.10. The second-order valence-corrected chi connectivity index (χ2v) is 5.78. The molecule has 0 saturated carbocycles. The van der Waals surface area contributed by atoms with Crippen LogP contribution in [-0.4, -0.2) is 55.7 Å². The highest BCUT2D eigenvalue weighted by Crippen LogP contribution is 2.24. The normalized spacial score (nSPS) is 19.7. The maximum atomic E-state index is 5.88. The van der Waals surface area contributed by atoms with E-state index < -0.39 is 0 Å². The molecule has 1 aromatic carbocycles. The summed E-state index contributed by atoms with van der Waals surface area (Å²) in [6.07, 6.45) is 0. The first-order valence-electron chi connectivity index (χ1n) is 6.47. The summed E-state index contributed by atoms with van der Waals surface area (Å²) in [6.45, 7) is 7.56. The van der Waals surface area contributed by atoms with Gasteiger partial charge in [0, 0.05) is 32.2 Å². The molecule has 0 aliphatic carbocycles. The molecule has 0 aromatic heterocycles. The molecule has 0 amide bonds. The number of ether oxygens (including phenoxy) is 1. The van der Waals surface area contributed by atoms with E-state index in [2.05, 4.69) is 39.7 Å². The lowest BCUT2D eigenvalue weighted by molar-refractivity contribution is 0.0902. The predicted molar refractivity (Wildman–Crippen MR) is 78.2 cm³/mol. The number of para-hydroxylation sites is 1. The van der Waals surface area contributed by atoms with E-state index in [0.717, 1.165) is 43.0 Å². The first-order chi connectivity index (χ1) is 8.66. The van der Waals surface area contributed by atoms with Gasteiger partial charge in [-0.2, -0.15) is 0 Å². The highest BCUT2D eigenvalue weighted by atomic mass is 79.9. The molecule has 1 aliphatic heterocycles. The third-order valence-electron chi connectivity index (χ3n) is 3.48. The lowest BCUT2D eigenvalue weighted by atomic mass is 10.2. The third kappa shape index (κ3) is 3.70. The van der Waals surface area contributed by atoms with Crippen molar-refractivity contribution >= 4 is 15.9 Å². The third-order valence-corrected chi connectivity index (χ3v) is 4.13. The zero-order valence-corrected chi connectivity index (χ0v) is 12.7. The molecule has 0 N–H and O–H groups in total. The maximum absolute atomic E-state index is 5.88. The molecule has 4 heteroatoms. The Morgan fingerprint density at radius 3 is 2.56 bits per heavy atom. The summed E-state index contributed by atoms with van der Waals surface area (Å²) >= 11 is 3.51. The molecule has 1 atom stereocenters. The average Bonchev–Trinajstić information content (AvgIpc) is 2.38. The zero-order valence-electron chi connectivity index (χ0n) is 11.1. The number of halogens is 1. The topological polar surface area (TPSA) is 15.7 Å². The molecule has 1 fully saturated rings. The lowest BCUT2D eigenvalue weighted by Crippen LogP contribution is -2.49. The Morgan fingerprint density at radius 1 is 1.22 bits per heavy atom. The average molecular weight is 313 g/mol. The molecule has 0 spiro atoms. The van der Waals surface area contributed by atoms with Crippen LogP contribution in [-0.2, 0) is 0 Å². The van der Waals surface area contributed by atoms with Gasteiger partial charge in [-0.05, 0) is 42.0 Å². The van der Waals surface area contributed by atoms with Gasteiger partial charge in [0.25, 0.3) is 0 Å². The van der Waals surface area contributed by atoms with Crippen molar-refractivity contribution in [2.75, 3.05) is 39.8 Å². The van der Waals surface area contributed by atoms with Gasteiger partial charge in [-0.3, -0.25) is 4.90 Å². The Balaban J connectivity index is 1.81. The van der Waals surface area contributed by atoms with Crippen LogP contribution in [0.2, 0.25) is 0 Å². The van der Waals surface area contributed by atoms with E-state index in [4.69, 9.17) is 4.74 Å². The zero-order chi connectivity index (χ0) is 13.0. The van der Waals surface area contributed by atoms with E-state index >= 15 is 0 Å². The minimum absolute atomic E-state index is 0.464. The summed E-state index contributed by atoms with van der Waals surface area (Å²) in [7, 11) is 2.18. The van der Waals surface area contributed by atoms with Gasteiger partial charge in [-0.1, -0.05) is 12.1 Å². The summed E-state index contributed by atoms with van der Waals surface area (Å²) in [5.74, 6) is 0.929. The SMILES string of the molecule is CC(COc1ccccc1Br)N1CCN(C)CC1. The van der Waals surface area contributed by atoms with Gasteiger partial charge < -0.3 is 9.64 Å². The van der Waals surface area contributed by atoms with E-state index in [1.807, 2.05) is 24.3 Å². The van der Waals surface area contributed by atoms with Crippen molar-refractivity contribution < 1.29 is 4.74 Å². The van der Waals surface area contributed by atoms with Crippen molar-refractivity contribution in [1.82, 2.24) is 9.80 Å². The van der Waals surface area contributed by atoms with Crippen molar-refractivity contribution in [3.05, 3.63) is 28.7 Å². The van der Waals surface area contributed by atoms with Crippen molar-refractivity contribution in [2.45, 2.75) is 13.0 Å². The molecule has 1 aromatic rings. The quantitative estimate of drug-likeness (QED) is 0.849. The number of rotatable bonds is 4. The molecule has 1 aliphatic rings. The smallest absolute Gasteiger partial charge is 0.133 e. The number of hydrogen-bond acceptors (Lipinski definition) is 3. The fourth-order valence-electron chi connectivity index (χ4n) is 2.14. The number of hydrogen-bond donors (Lipinski definition) is 0. The fraction of sp³-hybridized carbons (Fsp3) is 0.571. The summed E-state index contributed by atoms with van der Waals surface area (Å²) in [4.78, 5) is 4.87. The predicted octanol–water partition coefficient (Wildman–Crippen LogP) is 2.46. The molecule has 1 saturated heterocycles. The summed E-state index contributed by atoms with van der Waals surface area (Å²) < 4.78 is 6.90. The molecular weight excluding hydrogens is 292 g/mol. The maximum Gasteiger partial charge on any atom is 0.133 e. The highest BCUT2D eigenvalue weighted by Gasteiger charge is 2.19. The molecule has 1 heterocycles. The Kier molecular flexibility index (Phi) is 5.03.